The molecule has 2 aliphatic rings. The average molecular weight is 369 g/mol. The number of aromatic nitrogens is 1. The number of nitrogens with one attached hydrogen (secondary N) is 1. The number of nitrogens with zero attached hydrogens (tertiary/aromatic N) is 1. The van der Waals surface area contributed by atoms with Gasteiger partial charge in [0, 0.05) is 28.7 Å². The predicted octanol–water partition coefficient (Wildman–Crippen LogP) is 2.78. The summed E-state index contributed by atoms with van der Waals surface area (Å²) in [5, 5.41) is 16.8. The average Bonchev–Trinajstić information content (AvgIpc) is 3.29. The molecule has 1 aromatic carbocycles. The maximum atomic E-state index is 12.7. The number of anilines is 1. The molecule has 0 radical (unpaired) electrons. The van der Waals surface area contributed by atoms with Crippen LogP contribution >= 0.6 is 11.3 Å². The Morgan fingerprint density at radius 1 is 1.19 bits per heavy atom. The van der Waals surface area contributed by atoms with Crippen LogP contribution in [0.5, 0.6) is 0 Å². The minimum Gasteiger partial charge on any atom is -0.550 e. The zero-order valence-corrected chi connectivity index (χ0v) is 15.6. The first-order valence-corrected chi connectivity index (χ1v) is 9.87. The molecule has 2 aliphatic carbocycles. The van der Waals surface area contributed by atoms with E-state index in [0.717, 1.165) is 36.1 Å². The molecule has 4 rings (SSSR count). The van der Waals surface area contributed by atoms with Gasteiger partial charge in [-0.3, -0.25) is 4.79 Å². The van der Waals surface area contributed by atoms with E-state index in [1.165, 1.54) is 16.9 Å². The molecule has 1 N–H and O–H groups in total. The number of carboxylic acids is 1. The monoisotopic (exact) mass is 369 g/mol. The normalized spacial score (nSPS) is 26.8. The first kappa shape index (κ1) is 17.2. The molecular weight excluding hydrogens is 348 g/mol. The zero-order valence-electron chi connectivity index (χ0n) is 14.8. The molecule has 26 heavy (non-hydrogen) atoms. The molecule has 136 valence electrons. The number of carbonyl (C=O) groups excluding carboxylic acids is 2. The van der Waals surface area contributed by atoms with Crippen LogP contribution < -0.4 is 10.4 Å². The second-order valence-corrected chi connectivity index (χ2v) is 8.41. The topological polar surface area (TPSA) is 82.1 Å². The minimum absolute atomic E-state index is 0.0859. The number of carbonyl (C=O) groups is 2. The Morgan fingerprint density at radius 3 is 2.62 bits per heavy atom. The number of rotatable bonds is 4. The number of aryl methyl sites for hydroxylation is 2. The number of carboxylic acid groups (broad SMARTS) is 1. The predicted molar refractivity (Wildman–Crippen MR) is 98.5 cm³/mol. The highest BCUT2D eigenvalue weighted by atomic mass is 32.1. The van der Waals surface area contributed by atoms with Crippen molar-refractivity contribution in [1.82, 2.24) is 4.98 Å². The summed E-state index contributed by atoms with van der Waals surface area (Å²) < 4.78 is 0. The van der Waals surface area contributed by atoms with Crippen molar-refractivity contribution in [3.63, 3.8) is 0 Å². The Labute approximate surface area is 156 Å². The summed E-state index contributed by atoms with van der Waals surface area (Å²) in [5.74, 6) is -2.23. The van der Waals surface area contributed by atoms with Crippen molar-refractivity contribution in [3.05, 3.63) is 34.7 Å². The van der Waals surface area contributed by atoms with Gasteiger partial charge in [0.1, 0.15) is 0 Å². The highest BCUT2D eigenvalue weighted by Crippen LogP contribution is 2.52. The largest absolute Gasteiger partial charge is 0.550 e. The van der Waals surface area contributed by atoms with Gasteiger partial charge in [0.15, 0.2) is 5.13 Å². The molecule has 0 spiro atoms. The van der Waals surface area contributed by atoms with E-state index < -0.39 is 17.8 Å². The number of hydrogen-bond acceptors (Lipinski definition) is 5. The second-order valence-electron chi connectivity index (χ2n) is 7.55. The van der Waals surface area contributed by atoms with Crippen molar-refractivity contribution in [3.8, 4) is 11.3 Å². The van der Waals surface area contributed by atoms with Crippen molar-refractivity contribution in [1.29, 1.82) is 0 Å². The lowest BCUT2D eigenvalue weighted by atomic mass is 9.79. The third kappa shape index (κ3) is 2.92. The van der Waals surface area contributed by atoms with Gasteiger partial charge in [-0.15, -0.1) is 11.3 Å². The van der Waals surface area contributed by atoms with Gasteiger partial charge in [-0.2, -0.15) is 0 Å². The van der Waals surface area contributed by atoms with Crippen molar-refractivity contribution >= 4 is 28.3 Å². The molecule has 2 fully saturated rings. The van der Waals surface area contributed by atoms with E-state index in [1.54, 1.807) is 0 Å². The molecule has 5 nitrogen and oxygen atoms in total. The zero-order chi connectivity index (χ0) is 18.4. The van der Waals surface area contributed by atoms with Gasteiger partial charge in [-0.25, -0.2) is 4.98 Å². The van der Waals surface area contributed by atoms with Gasteiger partial charge < -0.3 is 15.2 Å². The first-order valence-electron chi connectivity index (χ1n) is 8.99. The second kappa shape index (κ2) is 6.50. The summed E-state index contributed by atoms with van der Waals surface area (Å²) in [6.45, 7) is 4.09. The lowest BCUT2D eigenvalue weighted by molar-refractivity contribution is -0.314. The third-order valence-electron chi connectivity index (χ3n) is 5.88. The van der Waals surface area contributed by atoms with Crippen LogP contribution in [0.2, 0.25) is 0 Å². The molecule has 0 unspecified atom stereocenters. The van der Waals surface area contributed by atoms with Gasteiger partial charge in [-0.05, 0) is 50.5 Å². The van der Waals surface area contributed by atoms with E-state index in [4.69, 9.17) is 0 Å². The lowest BCUT2D eigenvalue weighted by Crippen LogP contribution is -2.43. The highest BCUT2D eigenvalue weighted by Gasteiger charge is 2.51. The Balaban J connectivity index is 1.52. The Morgan fingerprint density at radius 2 is 1.92 bits per heavy atom. The lowest BCUT2D eigenvalue weighted by Gasteiger charge is -2.30. The molecule has 1 amide bonds. The van der Waals surface area contributed by atoms with E-state index in [1.807, 2.05) is 31.4 Å². The number of amides is 1. The first-order chi connectivity index (χ1) is 12.4. The number of benzene rings is 1. The molecular formula is C20H21N2O3S-. The van der Waals surface area contributed by atoms with E-state index in [9.17, 15) is 14.7 Å². The highest BCUT2D eigenvalue weighted by molar-refractivity contribution is 7.14. The van der Waals surface area contributed by atoms with Gasteiger partial charge in [-0.1, -0.05) is 23.8 Å². The van der Waals surface area contributed by atoms with Gasteiger partial charge in [0.05, 0.1) is 5.69 Å². The quantitative estimate of drug-likeness (QED) is 0.898. The number of aliphatic carboxylic acids is 1. The van der Waals surface area contributed by atoms with E-state index in [-0.39, 0.29) is 17.7 Å². The maximum absolute atomic E-state index is 12.7. The summed E-state index contributed by atoms with van der Waals surface area (Å²) in [4.78, 5) is 28.8. The molecule has 0 aliphatic heterocycles. The fourth-order valence-electron chi connectivity index (χ4n) is 4.75. The van der Waals surface area contributed by atoms with Gasteiger partial charge >= 0.3 is 0 Å². The van der Waals surface area contributed by atoms with Crippen molar-refractivity contribution in [2.75, 3.05) is 5.32 Å². The summed E-state index contributed by atoms with van der Waals surface area (Å²) in [5.41, 5.74) is 4.20. The Kier molecular flexibility index (Phi) is 4.31. The molecule has 2 aromatic rings. The van der Waals surface area contributed by atoms with E-state index in [2.05, 4.69) is 16.4 Å². The van der Waals surface area contributed by atoms with E-state index in [0.29, 0.717) is 5.13 Å². The van der Waals surface area contributed by atoms with Crippen molar-refractivity contribution in [2.24, 2.45) is 23.7 Å². The molecule has 2 bridgehead atoms. The smallest absolute Gasteiger partial charge is 0.230 e. The van der Waals surface area contributed by atoms with Crippen LogP contribution in [0, 0.1) is 37.5 Å². The van der Waals surface area contributed by atoms with Crippen LogP contribution in [-0.4, -0.2) is 16.9 Å². The van der Waals surface area contributed by atoms with Crippen LogP contribution in [0.25, 0.3) is 11.3 Å². The van der Waals surface area contributed by atoms with Gasteiger partial charge in [0.25, 0.3) is 0 Å². The van der Waals surface area contributed by atoms with Crippen LogP contribution in [0.3, 0.4) is 0 Å². The Hall–Kier alpha value is -2.21. The van der Waals surface area contributed by atoms with Crippen molar-refractivity contribution < 1.29 is 14.7 Å². The van der Waals surface area contributed by atoms with Crippen LogP contribution in [-0.2, 0) is 9.59 Å². The molecule has 2 saturated carbocycles. The SMILES string of the molecule is Cc1ccc(-c2csc(NC(=O)[C@@H]3[C@H]4CC[C@H](C4)[C@H]3C(=O)[O-])n2)c(C)c1. The number of hydrogen-bond donors (Lipinski definition) is 1. The summed E-state index contributed by atoms with van der Waals surface area (Å²) in [6.07, 6.45) is 2.64. The summed E-state index contributed by atoms with van der Waals surface area (Å²) in [6, 6.07) is 6.18. The number of fused-ring (bicyclic) bond motifs is 2. The summed E-state index contributed by atoms with van der Waals surface area (Å²) >= 11 is 1.37. The minimum atomic E-state index is -1.09. The fourth-order valence-corrected chi connectivity index (χ4v) is 5.47. The van der Waals surface area contributed by atoms with E-state index >= 15 is 0 Å². The molecule has 1 aromatic heterocycles. The molecule has 1 heterocycles. The maximum Gasteiger partial charge on any atom is 0.230 e. The van der Waals surface area contributed by atoms with Crippen LogP contribution in [0.15, 0.2) is 23.6 Å². The van der Waals surface area contributed by atoms with Crippen LogP contribution in [0.4, 0.5) is 5.13 Å². The summed E-state index contributed by atoms with van der Waals surface area (Å²) in [7, 11) is 0. The molecule has 6 heteroatoms. The molecule has 4 atom stereocenters. The van der Waals surface area contributed by atoms with Crippen LogP contribution in [0.1, 0.15) is 30.4 Å². The van der Waals surface area contributed by atoms with Gasteiger partial charge in [0.2, 0.25) is 5.91 Å². The van der Waals surface area contributed by atoms with Crippen molar-refractivity contribution in [2.45, 2.75) is 33.1 Å². The standard InChI is InChI=1S/C20H22N2O3S/c1-10-3-6-14(11(2)7-10)15-9-26-20(21-15)22-18(23)16-12-4-5-13(8-12)17(16)19(24)25/h3,6-7,9,12-13,16-17H,4-5,8H2,1-2H3,(H,24,25)(H,21,22,23)/p-1/t12-,13+,16+,17+/m0/s1. The number of thiazole rings is 1. The molecule has 0 saturated heterocycles. The fraction of sp³-hybridized carbons (Fsp3) is 0.450. The Bertz CT molecular complexity index is 876. The third-order valence-corrected chi connectivity index (χ3v) is 6.64.